The summed E-state index contributed by atoms with van der Waals surface area (Å²) in [4.78, 5) is 12.9. The van der Waals surface area contributed by atoms with Gasteiger partial charge in [-0.05, 0) is 59.2 Å². The first kappa shape index (κ1) is 20.6. The lowest BCUT2D eigenvalue weighted by atomic mass is 9.96. The monoisotopic (exact) mass is 414 g/mol. The number of anilines is 3. The van der Waals surface area contributed by atoms with Crippen molar-refractivity contribution in [1.82, 2.24) is 15.0 Å². The van der Waals surface area contributed by atoms with Crippen molar-refractivity contribution in [2.45, 2.75) is 33.5 Å². The molecule has 31 heavy (non-hydrogen) atoms. The van der Waals surface area contributed by atoms with Crippen molar-refractivity contribution in [3.8, 4) is 0 Å². The second-order valence-corrected chi connectivity index (χ2v) is 7.56. The summed E-state index contributed by atoms with van der Waals surface area (Å²) in [6.45, 7) is 5.54. The number of aliphatic hydroxyl groups excluding tert-OH is 1. The van der Waals surface area contributed by atoms with E-state index < -0.39 is 0 Å². The van der Waals surface area contributed by atoms with Crippen LogP contribution >= 0.6 is 0 Å². The fourth-order valence-electron chi connectivity index (χ4n) is 3.69. The minimum atomic E-state index is 0.0507. The van der Waals surface area contributed by atoms with E-state index in [0.29, 0.717) is 18.9 Å². The molecule has 2 aromatic carbocycles. The summed E-state index contributed by atoms with van der Waals surface area (Å²) in [5.74, 6) is 2.05. The number of pyridine rings is 1. The predicted molar refractivity (Wildman–Crippen MR) is 125 cm³/mol. The maximum absolute atomic E-state index is 9.15. The van der Waals surface area contributed by atoms with Crippen LogP contribution in [0, 0.1) is 13.8 Å². The largest absolute Gasteiger partial charge is 0.392 e. The zero-order valence-corrected chi connectivity index (χ0v) is 17.7. The number of fused-ring (bicyclic) bond motifs is 1. The van der Waals surface area contributed by atoms with E-state index in [2.05, 4.69) is 45.5 Å². The predicted octanol–water partition coefficient (Wildman–Crippen LogP) is 3.94. The molecule has 5 N–H and O–H groups in total. The maximum atomic E-state index is 9.15. The van der Waals surface area contributed by atoms with Crippen molar-refractivity contribution < 1.29 is 5.11 Å². The van der Waals surface area contributed by atoms with Crippen molar-refractivity contribution in [2.24, 2.45) is 0 Å². The van der Waals surface area contributed by atoms with Gasteiger partial charge in [-0.3, -0.25) is 0 Å². The summed E-state index contributed by atoms with van der Waals surface area (Å²) in [5, 5.41) is 18.0. The molecule has 0 saturated carbocycles. The summed E-state index contributed by atoms with van der Waals surface area (Å²) < 4.78 is 0. The van der Waals surface area contributed by atoms with E-state index in [1.165, 1.54) is 11.1 Å². The van der Waals surface area contributed by atoms with Crippen LogP contribution in [0.25, 0.3) is 10.8 Å². The number of nitrogens with zero attached hydrogens (tertiary/aromatic N) is 3. The highest BCUT2D eigenvalue weighted by Gasteiger charge is 2.10. The van der Waals surface area contributed by atoms with Gasteiger partial charge in [0, 0.05) is 30.7 Å². The first-order chi connectivity index (χ1) is 15.0. The third-order valence-corrected chi connectivity index (χ3v) is 5.51. The number of aliphatic hydroxyl groups is 1. The Labute approximate surface area is 181 Å². The molecule has 0 unspecified atom stereocenters. The summed E-state index contributed by atoms with van der Waals surface area (Å²) in [5.41, 5.74) is 11.6. The van der Waals surface area contributed by atoms with Crippen molar-refractivity contribution in [3.05, 3.63) is 82.8 Å². The van der Waals surface area contributed by atoms with Crippen molar-refractivity contribution in [1.29, 1.82) is 0 Å². The van der Waals surface area contributed by atoms with Crippen molar-refractivity contribution >= 4 is 28.2 Å². The molecule has 0 saturated heterocycles. The Balaban J connectivity index is 1.46. The van der Waals surface area contributed by atoms with Gasteiger partial charge in [0.05, 0.1) is 6.61 Å². The molecule has 0 spiro atoms. The fraction of sp³-hybridized carbons (Fsp3) is 0.208. The summed E-state index contributed by atoms with van der Waals surface area (Å²) in [6, 6.07) is 13.8. The van der Waals surface area contributed by atoms with E-state index in [1.54, 1.807) is 12.5 Å². The topological polar surface area (TPSA) is 109 Å². The average molecular weight is 415 g/mol. The highest BCUT2D eigenvalue weighted by Crippen LogP contribution is 2.28. The molecule has 2 aromatic heterocycles. The van der Waals surface area contributed by atoms with Crippen LogP contribution in [0.3, 0.4) is 0 Å². The summed E-state index contributed by atoms with van der Waals surface area (Å²) in [7, 11) is 0. The minimum absolute atomic E-state index is 0.0507. The van der Waals surface area contributed by atoms with E-state index >= 15 is 0 Å². The third kappa shape index (κ3) is 4.57. The highest BCUT2D eigenvalue weighted by molar-refractivity contribution is 5.94. The number of nitrogen functional groups attached to an aromatic ring is 1. The second kappa shape index (κ2) is 8.97. The normalized spacial score (nSPS) is 10.9. The molecule has 4 aromatic rings. The number of hydrogen-bond donors (Lipinski definition) is 4. The van der Waals surface area contributed by atoms with Gasteiger partial charge in [-0.25, -0.2) is 15.0 Å². The van der Waals surface area contributed by atoms with Gasteiger partial charge in [0.25, 0.3) is 0 Å². The van der Waals surface area contributed by atoms with E-state index in [9.17, 15) is 0 Å². The van der Waals surface area contributed by atoms with Crippen LogP contribution in [0.2, 0.25) is 0 Å². The molecule has 0 aliphatic carbocycles. The number of hydrogen-bond acceptors (Lipinski definition) is 7. The summed E-state index contributed by atoms with van der Waals surface area (Å²) in [6.07, 6.45) is 3.29. The van der Waals surface area contributed by atoms with E-state index in [1.807, 2.05) is 36.4 Å². The number of nitrogens with one attached hydrogen (secondary N) is 2. The van der Waals surface area contributed by atoms with Gasteiger partial charge in [0.2, 0.25) is 0 Å². The van der Waals surface area contributed by atoms with Gasteiger partial charge in [-0.2, -0.15) is 0 Å². The molecule has 4 rings (SSSR count). The van der Waals surface area contributed by atoms with Crippen LogP contribution in [-0.2, 0) is 19.7 Å². The molecule has 0 aliphatic rings. The molecule has 2 heterocycles. The first-order valence-corrected chi connectivity index (χ1v) is 10.2. The Morgan fingerprint density at radius 1 is 0.839 bits per heavy atom. The zero-order valence-electron chi connectivity index (χ0n) is 17.7. The fourth-order valence-corrected chi connectivity index (χ4v) is 3.69. The van der Waals surface area contributed by atoms with Crippen molar-refractivity contribution in [3.63, 3.8) is 0 Å². The van der Waals surface area contributed by atoms with Gasteiger partial charge < -0.3 is 21.5 Å². The van der Waals surface area contributed by atoms with E-state index in [0.717, 1.165) is 39.1 Å². The molecule has 7 heteroatoms. The van der Waals surface area contributed by atoms with Gasteiger partial charge >= 0.3 is 0 Å². The Hall–Kier alpha value is -3.71. The van der Waals surface area contributed by atoms with Gasteiger partial charge in [0.1, 0.15) is 23.8 Å². The maximum Gasteiger partial charge on any atom is 0.131 e. The molecule has 0 amide bonds. The van der Waals surface area contributed by atoms with Gasteiger partial charge in [0.15, 0.2) is 0 Å². The van der Waals surface area contributed by atoms with Crippen LogP contribution in [0.1, 0.15) is 27.8 Å². The number of benzene rings is 2. The smallest absolute Gasteiger partial charge is 0.131 e. The highest BCUT2D eigenvalue weighted by atomic mass is 16.3. The third-order valence-electron chi connectivity index (χ3n) is 5.51. The SMILES string of the molecule is Cc1cc2c(N)nccc2c(C)c1CNc1cc(NCc2ccc(CO)cc2)ncn1. The molecule has 0 atom stereocenters. The number of nitrogens with two attached hydrogens (primary N) is 1. The first-order valence-electron chi connectivity index (χ1n) is 10.2. The standard InChI is InChI=1S/C24H26N6O/c1-15-9-20-19(7-8-26-24(20)25)16(2)21(15)12-28-23-10-22(29-14-30-23)27-11-17-3-5-18(13-31)6-4-17/h3-10,14,31H,11-13H2,1-2H3,(H2,25,26)(H2,27,28,29,30). The summed E-state index contributed by atoms with van der Waals surface area (Å²) >= 11 is 0. The van der Waals surface area contributed by atoms with Crippen LogP contribution in [0.5, 0.6) is 0 Å². The van der Waals surface area contributed by atoms with Crippen LogP contribution in [0.15, 0.2) is 55.0 Å². The lowest BCUT2D eigenvalue weighted by molar-refractivity contribution is 0.282. The molecule has 0 aliphatic heterocycles. The molecule has 0 bridgehead atoms. The van der Waals surface area contributed by atoms with Crippen molar-refractivity contribution in [2.75, 3.05) is 16.4 Å². The molecule has 7 nitrogen and oxygen atoms in total. The second-order valence-electron chi connectivity index (χ2n) is 7.56. The lowest BCUT2D eigenvalue weighted by Crippen LogP contribution is -2.08. The molecular weight excluding hydrogens is 388 g/mol. The van der Waals surface area contributed by atoms with E-state index in [-0.39, 0.29) is 6.61 Å². The minimum Gasteiger partial charge on any atom is -0.392 e. The lowest BCUT2D eigenvalue weighted by Gasteiger charge is -2.15. The zero-order chi connectivity index (χ0) is 21.8. The van der Waals surface area contributed by atoms with Gasteiger partial charge in [-0.15, -0.1) is 0 Å². The Morgan fingerprint density at radius 2 is 1.52 bits per heavy atom. The molecule has 0 fully saturated rings. The quantitative estimate of drug-likeness (QED) is 0.363. The number of rotatable bonds is 7. The van der Waals surface area contributed by atoms with Gasteiger partial charge in [-0.1, -0.05) is 24.3 Å². The van der Waals surface area contributed by atoms with Crippen LogP contribution in [0.4, 0.5) is 17.5 Å². The molecular formula is C24H26N6O. The number of aryl methyl sites for hydroxylation is 2. The molecule has 158 valence electrons. The Bertz CT molecular complexity index is 1210. The Morgan fingerprint density at radius 3 is 2.23 bits per heavy atom. The number of aromatic nitrogens is 3. The van der Waals surface area contributed by atoms with Crippen LogP contribution in [-0.4, -0.2) is 20.1 Å². The van der Waals surface area contributed by atoms with Crippen LogP contribution < -0.4 is 16.4 Å². The average Bonchev–Trinajstić information content (AvgIpc) is 2.79. The Kier molecular flexibility index (Phi) is 5.95. The van der Waals surface area contributed by atoms with E-state index in [4.69, 9.17) is 10.8 Å². The molecule has 0 radical (unpaired) electrons.